The van der Waals surface area contributed by atoms with E-state index in [-0.39, 0.29) is 6.23 Å². The number of anilines is 1. The van der Waals surface area contributed by atoms with Crippen LogP contribution in [0.4, 0.5) is 5.69 Å². The van der Waals surface area contributed by atoms with Crippen molar-refractivity contribution in [3.05, 3.63) is 24.3 Å². The summed E-state index contributed by atoms with van der Waals surface area (Å²) in [6.07, 6.45) is 7.63. The highest BCUT2D eigenvalue weighted by Gasteiger charge is 2.29. The Balaban J connectivity index is 1.22. The van der Waals surface area contributed by atoms with Gasteiger partial charge in [0, 0.05) is 37.9 Å². The van der Waals surface area contributed by atoms with Gasteiger partial charge in [-0.15, -0.1) is 0 Å². The maximum Gasteiger partial charge on any atom is 0.140 e. The van der Waals surface area contributed by atoms with E-state index in [0.29, 0.717) is 19.3 Å². The van der Waals surface area contributed by atoms with E-state index in [9.17, 15) is 4.79 Å². The van der Waals surface area contributed by atoms with Crippen LogP contribution >= 0.6 is 0 Å². The van der Waals surface area contributed by atoms with E-state index in [2.05, 4.69) is 15.1 Å². The van der Waals surface area contributed by atoms with Crippen molar-refractivity contribution >= 4 is 12.0 Å². The zero-order chi connectivity index (χ0) is 18.5. The maximum atomic E-state index is 10.7. The van der Waals surface area contributed by atoms with Crippen molar-refractivity contribution in [2.45, 2.75) is 50.5 Å². The summed E-state index contributed by atoms with van der Waals surface area (Å²) in [4.78, 5) is 15.4. The largest absolute Gasteiger partial charge is 0.490 e. The molecule has 2 aliphatic heterocycles. The fourth-order valence-corrected chi connectivity index (χ4v) is 4.18. The molecule has 27 heavy (non-hydrogen) atoms. The van der Waals surface area contributed by atoms with Gasteiger partial charge in [-0.1, -0.05) is 6.42 Å². The second kappa shape index (κ2) is 9.04. The smallest absolute Gasteiger partial charge is 0.140 e. The quantitative estimate of drug-likeness (QED) is 0.741. The van der Waals surface area contributed by atoms with Crippen molar-refractivity contribution in [2.75, 3.05) is 44.6 Å². The van der Waals surface area contributed by atoms with E-state index < -0.39 is 0 Å². The van der Waals surface area contributed by atoms with Crippen molar-refractivity contribution in [1.82, 2.24) is 9.80 Å². The molecule has 3 fully saturated rings. The molecule has 6 heteroatoms. The van der Waals surface area contributed by atoms with Crippen LogP contribution in [0.3, 0.4) is 0 Å². The summed E-state index contributed by atoms with van der Waals surface area (Å²) in [5.74, 6) is 0.940. The predicted octanol–water partition coefficient (Wildman–Crippen LogP) is 2.35. The van der Waals surface area contributed by atoms with E-state index in [1.807, 2.05) is 24.3 Å². The molecule has 3 aliphatic rings. The van der Waals surface area contributed by atoms with Gasteiger partial charge >= 0.3 is 0 Å². The Bertz CT molecular complexity index is 597. The number of hydrogen-bond acceptors (Lipinski definition) is 6. The van der Waals surface area contributed by atoms with Crippen LogP contribution in [0.5, 0.6) is 5.75 Å². The highest BCUT2D eigenvalue weighted by Crippen LogP contribution is 2.28. The van der Waals surface area contributed by atoms with Gasteiger partial charge in [0.2, 0.25) is 0 Å². The number of nitrogens with zero attached hydrogens (tertiary/aromatic N) is 2. The Kier molecular flexibility index (Phi) is 6.27. The first-order chi connectivity index (χ1) is 13.3. The summed E-state index contributed by atoms with van der Waals surface area (Å²) < 4.78 is 11.9. The fourth-order valence-electron chi connectivity index (χ4n) is 4.18. The molecule has 148 valence electrons. The third kappa shape index (κ3) is 5.00. The SMILES string of the molecule is O=CCN1CCOC(Nc2ccc(OC3CCN(C4CCC4)CC3)cc2)C1. The number of nitrogens with one attached hydrogen (secondary N) is 1. The van der Waals surface area contributed by atoms with E-state index in [1.54, 1.807) is 0 Å². The number of benzene rings is 1. The van der Waals surface area contributed by atoms with Crippen LogP contribution in [0.1, 0.15) is 32.1 Å². The molecule has 1 aliphatic carbocycles. The van der Waals surface area contributed by atoms with Crippen molar-refractivity contribution in [1.29, 1.82) is 0 Å². The van der Waals surface area contributed by atoms with Crippen molar-refractivity contribution in [2.24, 2.45) is 0 Å². The Labute approximate surface area is 161 Å². The van der Waals surface area contributed by atoms with E-state index in [0.717, 1.165) is 49.7 Å². The molecule has 2 saturated heterocycles. The molecule has 0 aromatic heterocycles. The normalized spacial score (nSPS) is 25.7. The Morgan fingerprint density at radius 1 is 1.11 bits per heavy atom. The molecular formula is C21H31N3O3. The van der Waals surface area contributed by atoms with Gasteiger partial charge in [0.1, 0.15) is 24.4 Å². The molecule has 1 N–H and O–H groups in total. The number of likely N-dealkylation sites (tertiary alicyclic amines) is 1. The molecule has 0 bridgehead atoms. The van der Waals surface area contributed by atoms with Gasteiger partial charge in [0.15, 0.2) is 0 Å². The summed E-state index contributed by atoms with van der Waals surface area (Å²) in [5.41, 5.74) is 1.01. The zero-order valence-electron chi connectivity index (χ0n) is 16.0. The van der Waals surface area contributed by atoms with E-state index >= 15 is 0 Å². The highest BCUT2D eigenvalue weighted by atomic mass is 16.5. The molecule has 1 atom stereocenters. The summed E-state index contributed by atoms with van der Waals surface area (Å²) in [7, 11) is 0. The molecule has 1 saturated carbocycles. The number of carbonyl (C=O) groups is 1. The number of carbonyl (C=O) groups excluding carboxylic acids is 1. The Morgan fingerprint density at radius 2 is 1.89 bits per heavy atom. The van der Waals surface area contributed by atoms with Crippen LogP contribution in [0.2, 0.25) is 0 Å². The lowest BCUT2D eigenvalue weighted by Crippen LogP contribution is -2.46. The topological polar surface area (TPSA) is 54.0 Å². The summed E-state index contributed by atoms with van der Waals surface area (Å²) in [6, 6.07) is 9.00. The Hall–Kier alpha value is -1.63. The van der Waals surface area contributed by atoms with Crippen LogP contribution < -0.4 is 10.1 Å². The number of aldehydes is 1. The van der Waals surface area contributed by atoms with Crippen molar-refractivity contribution < 1.29 is 14.3 Å². The first-order valence-corrected chi connectivity index (χ1v) is 10.3. The third-order valence-electron chi connectivity index (χ3n) is 6.04. The number of rotatable bonds is 7. The standard InChI is InChI=1S/C21H31N3O3/c25-14-12-23-13-15-26-21(16-23)22-17-4-6-19(7-5-17)27-20-8-10-24(11-9-20)18-2-1-3-18/h4-7,14,18,20-22H,1-3,8-13,15-16H2. The van der Waals surface area contributed by atoms with Gasteiger partial charge in [-0.3, -0.25) is 4.90 Å². The molecule has 1 aromatic rings. The number of ether oxygens (including phenoxy) is 2. The second-order valence-electron chi connectivity index (χ2n) is 7.89. The monoisotopic (exact) mass is 373 g/mol. The highest BCUT2D eigenvalue weighted by molar-refractivity contribution is 5.52. The lowest BCUT2D eigenvalue weighted by atomic mass is 9.90. The number of hydrogen-bond donors (Lipinski definition) is 1. The lowest BCUT2D eigenvalue weighted by Gasteiger charge is -2.41. The average molecular weight is 373 g/mol. The molecular weight excluding hydrogens is 342 g/mol. The summed E-state index contributed by atoms with van der Waals surface area (Å²) in [5, 5.41) is 3.39. The van der Waals surface area contributed by atoms with Crippen LogP contribution in [0.25, 0.3) is 0 Å². The first-order valence-electron chi connectivity index (χ1n) is 10.3. The second-order valence-corrected chi connectivity index (χ2v) is 7.89. The van der Waals surface area contributed by atoms with Crippen LogP contribution in [0.15, 0.2) is 24.3 Å². The molecule has 1 aromatic carbocycles. The minimum atomic E-state index is -0.0821. The zero-order valence-corrected chi connectivity index (χ0v) is 16.0. The van der Waals surface area contributed by atoms with Gasteiger partial charge in [0.05, 0.1) is 13.2 Å². The number of morpholine rings is 1. The van der Waals surface area contributed by atoms with Crippen molar-refractivity contribution in [3.63, 3.8) is 0 Å². The summed E-state index contributed by atoms with van der Waals surface area (Å²) >= 11 is 0. The van der Waals surface area contributed by atoms with E-state index in [1.165, 1.54) is 32.4 Å². The van der Waals surface area contributed by atoms with Gasteiger partial charge in [-0.25, -0.2) is 0 Å². The first kappa shape index (κ1) is 18.7. The van der Waals surface area contributed by atoms with Gasteiger partial charge < -0.3 is 24.5 Å². The minimum absolute atomic E-state index is 0.0821. The summed E-state index contributed by atoms with van der Waals surface area (Å²) in [6.45, 7) is 4.98. The van der Waals surface area contributed by atoms with Crippen molar-refractivity contribution in [3.8, 4) is 5.75 Å². The van der Waals surface area contributed by atoms with Crippen LogP contribution in [-0.2, 0) is 9.53 Å². The van der Waals surface area contributed by atoms with Crippen LogP contribution in [-0.4, -0.2) is 73.8 Å². The molecule has 0 amide bonds. The molecule has 6 nitrogen and oxygen atoms in total. The third-order valence-corrected chi connectivity index (χ3v) is 6.04. The molecule has 0 radical (unpaired) electrons. The Morgan fingerprint density at radius 3 is 2.56 bits per heavy atom. The van der Waals surface area contributed by atoms with Gasteiger partial charge in [-0.05, 0) is 49.9 Å². The maximum absolute atomic E-state index is 10.7. The van der Waals surface area contributed by atoms with Crippen LogP contribution in [0, 0.1) is 0 Å². The fraction of sp³-hybridized carbons (Fsp3) is 0.667. The molecule has 0 spiro atoms. The van der Waals surface area contributed by atoms with Gasteiger partial charge in [0.25, 0.3) is 0 Å². The molecule has 1 unspecified atom stereocenters. The average Bonchev–Trinajstić information content (AvgIpc) is 2.64. The molecule has 2 heterocycles. The lowest BCUT2D eigenvalue weighted by molar-refractivity contribution is -0.110. The number of piperidine rings is 1. The molecule has 4 rings (SSSR count). The van der Waals surface area contributed by atoms with E-state index in [4.69, 9.17) is 9.47 Å². The van der Waals surface area contributed by atoms with Gasteiger partial charge in [-0.2, -0.15) is 0 Å². The minimum Gasteiger partial charge on any atom is -0.490 e. The predicted molar refractivity (Wildman–Crippen MR) is 105 cm³/mol.